The van der Waals surface area contributed by atoms with E-state index < -0.39 is 0 Å². The van der Waals surface area contributed by atoms with E-state index >= 15 is 0 Å². The Bertz CT molecular complexity index is 626. The molecule has 0 saturated carbocycles. The van der Waals surface area contributed by atoms with Gasteiger partial charge >= 0.3 is 0 Å². The van der Waals surface area contributed by atoms with Gasteiger partial charge in [0.15, 0.2) is 0 Å². The van der Waals surface area contributed by atoms with Gasteiger partial charge in [-0.15, -0.1) is 0 Å². The second kappa shape index (κ2) is 6.08. The standard InChI is InChI=1S/C16H20ClN3O/c1-3-14-9-20(10-16-18-7-11(2)19-16)8-12-4-5-13(17)6-15(12)21-14/h4-7,14H,3,8-10H2,1-2H3,(H,18,19). The summed E-state index contributed by atoms with van der Waals surface area (Å²) in [5, 5.41) is 0.721. The van der Waals surface area contributed by atoms with Gasteiger partial charge in [0, 0.05) is 35.6 Å². The second-order valence-electron chi connectivity index (χ2n) is 5.58. The number of aromatic nitrogens is 2. The lowest BCUT2D eigenvalue weighted by atomic mass is 10.2. The largest absolute Gasteiger partial charge is 0.489 e. The van der Waals surface area contributed by atoms with Gasteiger partial charge in [-0.2, -0.15) is 0 Å². The molecule has 5 heteroatoms. The number of hydrogen-bond donors (Lipinski definition) is 1. The first-order valence-corrected chi connectivity index (χ1v) is 7.69. The number of hydrogen-bond acceptors (Lipinski definition) is 3. The number of fused-ring (bicyclic) bond motifs is 1. The molecule has 0 aliphatic carbocycles. The lowest BCUT2D eigenvalue weighted by molar-refractivity contribution is 0.138. The minimum atomic E-state index is 0.181. The molecule has 21 heavy (non-hydrogen) atoms. The van der Waals surface area contributed by atoms with Crippen molar-refractivity contribution in [3.8, 4) is 5.75 Å². The summed E-state index contributed by atoms with van der Waals surface area (Å²) < 4.78 is 6.10. The van der Waals surface area contributed by atoms with Crippen molar-refractivity contribution in [2.75, 3.05) is 6.54 Å². The number of rotatable bonds is 3. The average Bonchev–Trinajstić information content (AvgIpc) is 2.77. The Morgan fingerprint density at radius 1 is 1.48 bits per heavy atom. The molecule has 1 unspecified atom stereocenters. The van der Waals surface area contributed by atoms with E-state index in [1.807, 2.05) is 25.3 Å². The first kappa shape index (κ1) is 14.4. The molecule has 2 aromatic rings. The molecule has 0 radical (unpaired) electrons. The van der Waals surface area contributed by atoms with E-state index in [9.17, 15) is 0 Å². The van der Waals surface area contributed by atoms with E-state index in [4.69, 9.17) is 16.3 Å². The van der Waals surface area contributed by atoms with Crippen LogP contribution in [0.15, 0.2) is 24.4 Å². The number of aryl methyl sites for hydroxylation is 1. The lowest BCUT2D eigenvalue weighted by Gasteiger charge is -2.22. The van der Waals surface area contributed by atoms with Gasteiger partial charge in [-0.3, -0.25) is 4.90 Å². The third-order valence-electron chi connectivity index (χ3n) is 3.76. The summed E-state index contributed by atoms with van der Waals surface area (Å²) in [4.78, 5) is 10.1. The third kappa shape index (κ3) is 3.39. The van der Waals surface area contributed by atoms with Crippen LogP contribution in [0.3, 0.4) is 0 Å². The summed E-state index contributed by atoms with van der Waals surface area (Å²) in [5.41, 5.74) is 2.27. The van der Waals surface area contributed by atoms with Crippen molar-refractivity contribution in [1.82, 2.24) is 14.9 Å². The molecule has 3 rings (SSSR count). The van der Waals surface area contributed by atoms with Crippen molar-refractivity contribution < 1.29 is 4.74 Å². The van der Waals surface area contributed by atoms with Crippen LogP contribution in [-0.2, 0) is 13.1 Å². The number of halogens is 1. The van der Waals surface area contributed by atoms with Crippen molar-refractivity contribution in [3.05, 3.63) is 46.5 Å². The van der Waals surface area contributed by atoms with Crippen LogP contribution in [0.4, 0.5) is 0 Å². The predicted molar refractivity (Wildman–Crippen MR) is 83.6 cm³/mol. The number of ether oxygens (including phenoxy) is 1. The Kier molecular flexibility index (Phi) is 4.17. The number of aromatic amines is 1. The minimum absolute atomic E-state index is 0.181. The van der Waals surface area contributed by atoms with Crippen molar-refractivity contribution in [3.63, 3.8) is 0 Å². The summed E-state index contributed by atoms with van der Waals surface area (Å²) in [6, 6.07) is 5.89. The molecule has 1 aromatic carbocycles. The monoisotopic (exact) mass is 305 g/mol. The summed E-state index contributed by atoms with van der Waals surface area (Å²) in [7, 11) is 0. The highest BCUT2D eigenvalue weighted by Gasteiger charge is 2.22. The zero-order valence-electron chi connectivity index (χ0n) is 12.4. The van der Waals surface area contributed by atoms with Gasteiger partial charge in [-0.05, 0) is 25.5 Å². The summed E-state index contributed by atoms with van der Waals surface area (Å²) in [6.45, 7) is 6.71. The number of nitrogens with zero attached hydrogens (tertiary/aromatic N) is 2. The Morgan fingerprint density at radius 3 is 3.05 bits per heavy atom. The van der Waals surface area contributed by atoms with Crippen molar-refractivity contribution in [2.45, 2.75) is 39.5 Å². The molecule has 0 saturated heterocycles. The number of nitrogens with one attached hydrogen (secondary N) is 1. The molecular weight excluding hydrogens is 286 g/mol. The van der Waals surface area contributed by atoms with E-state index in [0.717, 1.165) is 48.3 Å². The fraction of sp³-hybridized carbons (Fsp3) is 0.438. The van der Waals surface area contributed by atoms with Crippen LogP contribution in [0.5, 0.6) is 5.75 Å². The molecule has 4 nitrogen and oxygen atoms in total. The summed E-state index contributed by atoms with van der Waals surface area (Å²) in [6.07, 6.45) is 3.02. The number of H-pyrrole nitrogens is 1. The van der Waals surface area contributed by atoms with Crippen LogP contribution in [0.1, 0.15) is 30.4 Å². The molecular formula is C16H20ClN3O. The first-order chi connectivity index (χ1) is 10.1. The van der Waals surface area contributed by atoms with Crippen LogP contribution in [-0.4, -0.2) is 27.5 Å². The summed E-state index contributed by atoms with van der Waals surface area (Å²) >= 11 is 6.08. The number of benzene rings is 1. The van der Waals surface area contributed by atoms with Crippen LogP contribution >= 0.6 is 11.6 Å². The topological polar surface area (TPSA) is 41.2 Å². The molecule has 0 fully saturated rings. The molecule has 1 N–H and O–H groups in total. The first-order valence-electron chi connectivity index (χ1n) is 7.32. The van der Waals surface area contributed by atoms with E-state index in [2.05, 4.69) is 27.9 Å². The van der Waals surface area contributed by atoms with E-state index in [0.29, 0.717) is 0 Å². The van der Waals surface area contributed by atoms with Crippen LogP contribution in [0.2, 0.25) is 5.02 Å². The molecule has 0 spiro atoms. The predicted octanol–water partition coefficient (Wildman–Crippen LogP) is 3.54. The quantitative estimate of drug-likeness (QED) is 0.943. The minimum Gasteiger partial charge on any atom is -0.489 e. The van der Waals surface area contributed by atoms with Gasteiger partial charge in [-0.1, -0.05) is 24.6 Å². The molecule has 1 aromatic heterocycles. The SMILES string of the molecule is CCC1CN(Cc2ncc(C)[nH]2)Cc2ccc(Cl)cc2O1. The average molecular weight is 306 g/mol. The normalized spacial score (nSPS) is 18.9. The number of imidazole rings is 1. The lowest BCUT2D eigenvalue weighted by Crippen LogP contribution is -2.32. The van der Waals surface area contributed by atoms with Crippen molar-refractivity contribution in [2.24, 2.45) is 0 Å². The molecule has 1 aliphatic heterocycles. The van der Waals surface area contributed by atoms with Crippen molar-refractivity contribution in [1.29, 1.82) is 0 Å². The maximum Gasteiger partial charge on any atom is 0.125 e. The maximum absolute atomic E-state index is 6.10. The smallest absolute Gasteiger partial charge is 0.125 e. The zero-order valence-corrected chi connectivity index (χ0v) is 13.2. The maximum atomic E-state index is 6.10. The van der Waals surface area contributed by atoms with Crippen LogP contribution in [0, 0.1) is 6.92 Å². The Labute approximate surface area is 130 Å². The van der Waals surface area contributed by atoms with Gasteiger partial charge < -0.3 is 9.72 Å². The molecule has 1 aliphatic rings. The molecule has 112 valence electrons. The van der Waals surface area contributed by atoms with Crippen LogP contribution < -0.4 is 4.74 Å². The zero-order chi connectivity index (χ0) is 14.8. The molecule has 2 heterocycles. The highest BCUT2D eigenvalue weighted by molar-refractivity contribution is 6.30. The van der Waals surface area contributed by atoms with E-state index in [-0.39, 0.29) is 6.10 Å². The molecule has 0 bridgehead atoms. The Hall–Kier alpha value is -1.52. The van der Waals surface area contributed by atoms with E-state index in [1.165, 1.54) is 5.56 Å². The van der Waals surface area contributed by atoms with Gasteiger partial charge in [0.25, 0.3) is 0 Å². The fourth-order valence-corrected chi connectivity index (χ4v) is 2.83. The molecule has 1 atom stereocenters. The van der Waals surface area contributed by atoms with Gasteiger partial charge in [0.1, 0.15) is 17.7 Å². The highest BCUT2D eigenvalue weighted by Crippen LogP contribution is 2.29. The van der Waals surface area contributed by atoms with Gasteiger partial charge in [-0.25, -0.2) is 4.98 Å². The Morgan fingerprint density at radius 2 is 2.33 bits per heavy atom. The Balaban J connectivity index is 1.83. The van der Waals surface area contributed by atoms with Crippen LogP contribution in [0.25, 0.3) is 0 Å². The van der Waals surface area contributed by atoms with Gasteiger partial charge in [0.2, 0.25) is 0 Å². The second-order valence-corrected chi connectivity index (χ2v) is 6.02. The summed E-state index contributed by atoms with van der Waals surface area (Å²) in [5.74, 6) is 1.91. The third-order valence-corrected chi connectivity index (χ3v) is 4.00. The fourth-order valence-electron chi connectivity index (χ4n) is 2.67. The molecule has 0 amide bonds. The van der Waals surface area contributed by atoms with Crippen molar-refractivity contribution >= 4 is 11.6 Å². The van der Waals surface area contributed by atoms with Gasteiger partial charge in [0.05, 0.1) is 6.54 Å². The highest BCUT2D eigenvalue weighted by atomic mass is 35.5. The van der Waals surface area contributed by atoms with E-state index in [1.54, 1.807) is 0 Å².